The summed E-state index contributed by atoms with van der Waals surface area (Å²) in [6.45, 7) is 4.76. The number of rotatable bonds is 14. The number of benzene rings is 2. The van der Waals surface area contributed by atoms with Gasteiger partial charge in [-0.1, -0.05) is 31.2 Å². The first-order valence-electron chi connectivity index (χ1n) is 11.6. The molecule has 0 saturated carbocycles. The van der Waals surface area contributed by atoms with Crippen molar-refractivity contribution in [1.82, 2.24) is 14.9 Å². The summed E-state index contributed by atoms with van der Waals surface area (Å²) in [4.78, 5) is 27.5. The van der Waals surface area contributed by atoms with Crippen molar-refractivity contribution >= 4 is 21.8 Å². The van der Waals surface area contributed by atoms with E-state index in [9.17, 15) is 22.4 Å². The van der Waals surface area contributed by atoms with Crippen molar-refractivity contribution in [2.24, 2.45) is 0 Å². The molecule has 0 unspecified atom stereocenters. The second-order valence-corrected chi connectivity index (χ2v) is 9.87. The summed E-state index contributed by atoms with van der Waals surface area (Å²) < 4.78 is 45.0. The number of carbonyl (C=O) groups is 2. The number of nitrogens with zero attached hydrogens (tertiary/aromatic N) is 1. The monoisotopic (exact) mass is 507 g/mol. The summed E-state index contributed by atoms with van der Waals surface area (Å²) in [6, 6.07) is 11.4. The van der Waals surface area contributed by atoms with Gasteiger partial charge in [-0.3, -0.25) is 9.59 Å². The predicted octanol–water partition coefficient (Wildman–Crippen LogP) is 2.63. The van der Waals surface area contributed by atoms with E-state index in [1.54, 1.807) is 45.2 Å². The summed E-state index contributed by atoms with van der Waals surface area (Å²) in [6.07, 6.45) is 1.16. The maximum atomic E-state index is 13.3. The SMILES string of the molecule is CCNS(=O)(=O)c1ccc(CCC(=O)N(Cc2ccc(F)cc2)[C@H](C)C(=O)NCCCOC)cc1. The van der Waals surface area contributed by atoms with Gasteiger partial charge in [0.05, 0.1) is 4.90 Å². The van der Waals surface area contributed by atoms with Crippen LogP contribution in [0.25, 0.3) is 0 Å². The number of hydrogen-bond acceptors (Lipinski definition) is 5. The Morgan fingerprint density at radius 3 is 2.29 bits per heavy atom. The van der Waals surface area contributed by atoms with E-state index in [1.807, 2.05) is 0 Å². The molecule has 1 atom stereocenters. The standard InChI is InChI=1S/C25H34FN3O5S/c1-4-28-35(32,33)23-13-8-20(9-14-23)10-15-24(30)29(18-21-6-11-22(26)12-7-21)19(2)25(31)27-16-5-17-34-3/h6-9,11-14,19,28H,4-5,10,15-18H2,1-3H3,(H,27,31)/t19-/m1/s1. The van der Waals surface area contributed by atoms with Gasteiger partial charge in [0.15, 0.2) is 0 Å². The molecule has 0 heterocycles. The van der Waals surface area contributed by atoms with Crippen LogP contribution >= 0.6 is 0 Å². The minimum atomic E-state index is -3.55. The molecule has 0 aliphatic rings. The van der Waals surface area contributed by atoms with Gasteiger partial charge in [-0.25, -0.2) is 17.5 Å². The van der Waals surface area contributed by atoms with E-state index >= 15 is 0 Å². The number of halogens is 1. The Hall–Kier alpha value is -2.82. The molecule has 0 aliphatic heterocycles. The van der Waals surface area contributed by atoms with Gasteiger partial charge in [-0.05, 0) is 55.2 Å². The van der Waals surface area contributed by atoms with Crippen LogP contribution in [0.2, 0.25) is 0 Å². The van der Waals surface area contributed by atoms with Crippen LogP contribution in [0.15, 0.2) is 53.4 Å². The normalized spacial score (nSPS) is 12.2. The Morgan fingerprint density at radius 1 is 1.06 bits per heavy atom. The van der Waals surface area contributed by atoms with Crippen molar-refractivity contribution in [3.63, 3.8) is 0 Å². The summed E-state index contributed by atoms with van der Waals surface area (Å²) in [7, 11) is -1.96. The van der Waals surface area contributed by atoms with Crippen LogP contribution in [0.4, 0.5) is 4.39 Å². The molecule has 10 heteroatoms. The van der Waals surface area contributed by atoms with Gasteiger partial charge in [0.2, 0.25) is 21.8 Å². The molecule has 192 valence electrons. The molecule has 0 aromatic heterocycles. The lowest BCUT2D eigenvalue weighted by atomic mass is 10.1. The topological polar surface area (TPSA) is 105 Å². The van der Waals surface area contributed by atoms with E-state index in [1.165, 1.54) is 29.2 Å². The number of methoxy groups -OCH3 is 1. The van der Waals surface area contributed by atoms with Crippen molar-refractivity contribution in [3.8, 4) is 0 Å². The third kappa shape index (κ3) is 9.04. The molecular formula is C25H34FN3O5S. The fourth-order valence-electron chi connectivity index (χ4n) is 3.45. The largest absolute Gasteiger partial charge is 0.385 e. The van der Waals surface area contributed by atoms with Gasteiger partial charge in [0.25, 0.3) is 0 Å². The molecule has 2 aromatic carbocycles. The lowest BCUT2D eigenvalue weighted by Gasteiger charge is -2.29. The minimum absolute atomic E-state index is 0.127. The molecular weight excluding hydrogens is 473 g/mol. The average Bonchev–Trinajstić information content (AvgIpc) is 2.84. The molecule has 2 aromatic rings. The molecule has 35 heavy (non-hydrogen) atoms. The highest BCUT2D eigenvalue weighted by atomic mass is 32.2. The van der Waals surface area contributed by atoms with Crippen molar-refractivity contribution < 1.29 is 27.1 Å². The molecule has 0 aliphatic carbocycles. The van der Waals surface area contributed by atoms with Crippen LogP contribution in [0.5, 0.6) is 0 Å². The van der Waals surface area contributed by atoms with Gasteiger partial charge in [-0.2, -0.15) is 0 Å². The van der Waals surface area contributed by atoms with Crippen LogP contribution in [-0.2, 0) is 37.3 Å². The minimum Gasteiger partial charge on any atom is -0.385 e. The zero-order chi connectivity index (χ0) is 25.8. The summed E-state index contributed by atoms with van der Waals surface area (Å²) >= 11 is 0. The van der Waals surface area contributed by atoms with E-state index in [0.717, 1.165) is 5.56 Å². The van der Waals surface area contributed by atoms with E-state index in [-0.39, 0.29) is 35.5 Å². The fourth-order valence-corrected chi connectivity index (χ4v) is 4.49. The summed E-state index contributed by atoms with van der Waals surface area (Å²) in [5, 5.41) is 2.82. The van der Waals surface area contributed by atoms with Crippen molar-refractivity contribution in [2.75, 3.05) is 26.8 Å². The number of nitrogens with one attached hydrogen (secondary N) is 2. The first-order valence-corrected chi connectivity index (χ1v) is 13.1. The van der Waals surface area contributed by atoms with Crippen LogP contribution in [0.3, 0.4) is 0 Å². The van der Waals surface area contributed by atoms with Gasteiger partial charge >= 0.3 is 0 Å². The molecule has 0 spiro atoms. The molecule has 0 bridgehead atoms. The maximum absolute atomic E-state index is 13.3. The highest BCUT2D eigenvalue weighted by Crippen LogP contribution is 2.15. The van der Waals surface area contributed by atoms with E-state index in [0.29, 0.717) is 38.1 Å². The fraction of sp³-hybridized carbons (Fsp3) is 0.440. The second-order valence-electron chi connectivity index (χ2n) is 8.11. The molecule has 0 radical (unpaired) electrons. The molecule has 2 rings (SSSR count). The van der Waals surface area contributed by atoms with E-state index in [4.69, 9.17) is 4.74 Å². The second kappa shape index (κ2) is 13.9. The third-order valence-corrected chi connectivity index (χ3v) is 7.01. The molecule has 8 nitrogen and oxygen atoms in total. The molecule has 0 saturated heterocycles. The quantitative estimate of drug-likeness (QED) is 0.383. The van der Waals surface area contributed by atoms with Gasteiger partial charge in [-0.15, -0.1) is 0 Å². The molecule has 2 amide bonds. The van der Waals surface area contributed by atoms with Gasteiger partial charge in [0, 0.05) is 39.8 Å². The molecule has 0 fully saturated rings. The Balaban J connectivity index is 2.09. The highest BCUT2D eigenvalue weighted by Gasteiger charge is 2.26. The Kier molecular flexibility index (Phi) is 11.3. The van der Waals surface area contributed by atoms with Crippen LogP contribution in [0.1, 0.15) is 37.8 Å². The van der Waals surface area contributed by atoms with E-state index < -0.39 is 16.1 Å². The Bertz CT molecular complexity index is 1060. The third-order valence-electron chi connectivity index (χ3n) is 5.45. The molecule has 2 N–H and O–H groups in total. The zero-order valence-electron chi connectivity index (χ0n) is 20.4. The zero-order valence-corrected chi connectivity index (χ0v) is 21.2. The first kappa shape index (κ1) is 28.4. The first-order chi connectivity index (χ1) is 16.7. The van der Waals surface area contributed by atoms with Crippen LogP contribution in [0, 0.1) is 5.82 Å². The number of sulfonamides is 1. The lowest BCUT2D eigenvalue weighted by molar-refractivity contribution is -0.140. The van der Waals surface area contributed by atoms with Crippen LogP contribution < -0.4 is 10.0 Å². The Morgan fingerprint density at radius 2 is 1.69 bits per heavy atom. The van der Waals surface area contributed by atoms with Gasteiger partial charge in [0.1, 0.15) is 11.9 Å². The number of carbonyl (C=O) groups excluding carboxylic acids is 2. The summed E-state index contributed by atoms with van der Waals surface area (Å²) in [5.74, 6) is -0.900. The van der Waals surface area contributed by atoms with Crippen molar-refractivity contribution in [1.29, 1.82) is 0 Å². The van der Waals surface area contributed by atoms with Gasteiger partial charge < -0.3 is 15.0 Å². The van der Waals surface area contributed by atoms with E-state index in [2.05, 4.69) is 10.0 Å². The number of ether oxygens (including phenoxy) is 1. The smallest absolute Gasteiger partial charge is 0.242 e. The Labute approximate surface area is 206 Å². The lowest BCUT2D eigenvalue weighted by Crippen LogP contribution is -2.48. The average molecular weight is 508 g/mol. The van der Waals surface area contributed by atoms with Crippen molar-refractivity contribution in [3.05, 3.63) is 65.5 Å². The number of aryl methyl sites for hydroxylation is 1. The highest BCUT2D eigenvalue weighted by molar-refractivity contribution is 7.89. The number of hydrogen-bond donors (Lipinski definition) is 2. The number of amides is 2. The van der Waals surface area contributed by atoms with Crippen molar-refractivity contribution in [2.45, 2.75) is 50.6 Å². The predicted molar refractivity (Wildman–Crippen MR) is 132 cm³/mol. The summed E-state index contributed by atoms with van der Waals surface area (Å²) in [5.41, 5.74) is 1.50. The van der Waals surface area contributed by atoms with Crippen LogP contribution in [-0.4, -0.2) is 58.0 Å². The maximum Gasteiger partial charge on any atom is 0.242 e.